The zero-order chi connectivity index (χ0) is 16.0. The molecule has 0 amide bonds. The van der Waals surface area contributed by atoms with E-state index in [1.807, 2.05) is 0 Å². The van der Waals surface area contributed by atoms with Crippen molar-refractivity contribution in [3.05, 3.63) is 23.8 Å². The smallest absolute Gasteiger partial charge is 0.337 e. The fourth-order valence-electron chi connectivity index (χ4n) is 1.53. The summed E-state index contributed by atoms with van der Waals surface area (Å²) >= 11 is 0. The average molecular weight is 317 g/mol. The van der Waals surface area contributed by atoms with E-state index >= 15 is 0 Å². The number of hydrogen-bond donors (Lipinski definition) is 2. The van der Waals surface area contributed by atoms with Gasteiger partial charge >= 0.3 is 5.97 Å². The maximum Gasteiger partial charge on any atom is 0.337 e. The topological polar surface area (TPSA) is 102 Å². The normalized spacial score (nSPS) is 11.4. The highest BCUT2D eigenvalue weighted by atomic mass is 32.2. The Balaban J connectivity index is 2.88. The lowest BCUT2D eigenvalue weighted by Gasteiger charge is -2.12. The third kappa shape index (κ3) is 5.60. The Labute approximate surface area is 123 Å². The average Bonchev–Trinajstić information content (AvgIpc) is 2.37. The lowest BCUT2D eigenvalue weighted by atomic mass is 10.2. The number of ether oxygens (including phenoxy) is 2. The summed E-state index contributed by atoms with van der Waals surface area (Å²) in [4.78, 5) is 11.2. The van der Waals surface area contributed by atoms with Crippen LogP contribution in [0, 0.1) is 0 Å². The number of carboxylic acids is 1. The standard InChI is InChI=1S/C13H19NO6S/c1-9(2)20-6-7-21(17,18)14-12-5-4-10(19-3)8-11(12)13(15)16/h4-5,8-9,14H,6-7H2,1-3H3,(H,15,16). The number of nitrogens with one attached hydrogen (secondary N) is 1. The van der Waals surface area contributed by atoms with Crippen LogP contribution >= 0.6 is 0 Å². The molecule has 0 bridgehead atoms. The molecule has 2 N–H and O–H groups in total. The summed E-state index contributed by atoms with van der Waals surface area (Å²) in [5, 5.41) is 9.12. The van der Waals surface area contributed by atoms with E-state index < -0.39 is 16.0 Å². The van der Waals surface area contributed by atoms with E-state index in [-0.39, 0.29) is 29.7 Å². The highest BCUT2D eigenvalue weighted by molar-refractivity contribution is 7.92. The molecule has 0 unspecified atom stereocenters. The number of sulfonamides is 1. The van der Waals surface area contributed by atoms with Crippen molar-refractivity contribution in [2.24, 2.45) is 0 Å². The monoisotopic (exact) mass is 317 g/mol. The number of carboxylic acid groups (broad SMARTS) is 1. The molecular weight excluding hydrogens is 298 g/mol. The van der Waals surface area contributed by atoms with Crippen molar-refractivity contribution in [3.63, 3.8) is 0 Å². The summed E-state index contributed by atoms with van der Waals surface area (Å²) in [5.41, 5.74) is -0.185. The van der Waals surface area contributed by atoms with E-state index in [2.05, 4.69) is 4.72 Å². The van der Waals surface area contributed by atoms with Gasteiger partial charge in [-0.1, -0.05) is 0 Å². The maximum atomic E-state index is 11.9. The molecule has 1 aromatic carbocycles. The van der Waals surface area contributed by atoms with Gasteiger partial charge in [-0.05, 0) is 32.0 Å². The minimum absolute atomic E-state index is 0.00662. The Hall–Kier alpha value is -1.80. The lowest BCUT2D eigenvalue weighted by Crippen LogP contribution is -2.22. The van der Waals surface area contributed by atoms with E-state index in [1.54, 1.807) is 13.8 Å². The molecule has 1 rings (SSSR count). The quantitative estimate of drug-likeness (QED) is 0.754. The van der Waals surface area contributed by atoms with Crippen LogP contribution in [0.5, 0.6) is 5.75 Å². The van der Waals surface area contributed by atoms with Crippen molar-refractivity contribution < 1.29 is 27.8 Å². The molecule has 0 spiro atoms. The zero-order valence-electron chi connectivity index (χ0n) is 12.1. The lowest BCUT2D eigenvalue weighted by molar-refractivity contribution is 0.0697. The maximum absolute atomic E-state index is 11.9. The van der Waals surface area contributed by atoms with Crippen molar-refractivity contribution in [3.8, 4) is 5.75 Å². The molecule has 0 saturated carbocycles. The molecule has 0 aliphatic carbocycles. The largest absolute Gasteiger partial charge is 0.497 e. The number of methoxy groups -OCH3 is 1. The molecule has 0 fully saturated rings. The van der Waals surface area contributed by atoms with Gasteiger partial charge in [-0.3, -0.25) is 4.72 Å². The number of benzene rings is 1. The SMILES string of the molecule is COc1ccc(NS(=O)(=O)CCOC(C)C)c(C(=O)O)c1. The van der Waals surface area contributed by atoms with E-state index in [0.717, 1.165) is 0 Å². The second-order valence-electron chi connectivity index (χ2n) is 4.56. The predicted molar refractivity (Wildman–Crippen MR) is 78.5 cm³/mol. The molecule has 118 valence electrons. The molecule has 0 radical (unpaired) electrons. The predicted octanol–water partition coefficient (Wildman–Crippen LogP) is 1.56. The van der Waals surface area contributed by atoms with Crippen molar-refractivity contribution >= 4 is 21.7 Å². The second kappa shape index (κ2) is 7.28. The fraction of sp³-hybridized carbons (Fsp3) is 0.462. The van der Waals surface area contributed by atoms with Gasteiger partial charge < -0.3 is 14.6 Å². The van der Waals surface area contributed by atoms with Gasteiger partial charge in [0.25, 0.3) is 0 Å². The van der Waals surface area contributed by atoms with Gasteiger partial charge in [-0.15, -0.1) is 0 Å². The van der Waals surface area contributed by atoms with Crippen molar-refractivity contribution in [2.75, 3.05) is 24.2 Å². The number of aromatic carboxylic acids is 1. The first-order chi connectivity index (χ1) is 9.75. The molecule has 0 heterocycles. The van der Waals surface area contributed by atoms with Crippen LogP contribution in [-0.4, -0.2) is 45.1 Å². The zero-order valence-corrected chi connectivity index (χ0v) is 12.9. The van der Waals surface area contributed by atoms with Crippen molar-refractivity contribution in [2.45, 2.75) is 20.0 Å². The van der Waals surface area contributed by atoms with Gasteiger partial charge in [-0.2, -0.15) is 0 Å². The first-order valence-corrected chi connectivity index (χ1v) is 7.94. The number of hydrogen-bond acceptors (Lipinski definition) is 5. The Morgan fingerprint density at radius 2 is 2.05 bits per heavy atom. The molecule has 0 saturated heterocycles. The Kier molecular flexibility index (Phi) is 5.98. The molecule has 21 heavy (non-hydrogen) atoms. The number of rotatable bonds is 8. The molecule has 0 aliphatic rings. The van der Waals surface area contributed by atoms with E-state index in [9.17, 15) is 13.2 Å². The third-order valence-electron chi connectivity index (χ3n) is 2.53. The summed E-state index contributed by atoms with van der Waals surface area (Å²) in [5.74, 6) is -1.17. The minimum atomic E-state index is -3.69. The molecule has 7 nitrogen and oxygen atoms in total. The Morgan fingerprint density at radius 1 is 1.38 bits per heavy atom. The minimum Gasteiger partial charge on any atom is -0.497 e. The van der Waals surface area contributed by atoms with Crippen LogP contribution in [-0.2, 0) is 14.8 Å². The van der Waals surface area contributed by atoms with Crippen molar-refractivity contribution in [1.82, 2.24) is 0 Å². The summed E-state index contributed by atoms with van der Waals surface area (Å²) in [6.45, 7) is 3.63. The molecule has 1 aromatic rings. The van der Waals surface area contributed by atoms with Crippen LogP contribution in [0.1, 0.15) is 24.2 Å². The molecule has 0 aliphatic heterocycles. The third-order valence-corrected chi connectivity index (χ3v) is 3.76. The summed E-state index contributed by atoms with van der Waals surface area (Å²) in [7, 11) is -2.29. The first-order valence-electron chi connectivity index (χ1n) is 6.28. The van der Waals surface area contributed by atoms with Gasteiger partial charge in [0.15, 0.2) is 0 Å². The molecular formula is C13H19NO6S. The molecule has 0 atom stereocenters. The summed E-state index contributed by atoms with van der Waals surface area (Å²) < 4.78 is 36.1. The summed E-state index contributed by atoms with van der Waals surface area (Å²) in [6.07, 6.45) is -0.0734. The fourth-order valence-corrected chi connectivity index (χ4v) is 2.46. The van der Waals surface area contributed by atoms with Crippen LogP contribution in [0.15, 0.2) is 18.2 Å². The highest BCUT2D eigenvalue weighted by Crippen LogP contribution is 2.23. The Morgan fingerprint density at radius 3 is 2.57 bits per heavy atom. The number of anilines is 1. The number of carbonyl (C=O) groups is 1. The molecule has 0 aromatic heterocycles. The van der Waals surface area contributed by atoms with Crippen LogP contribution in [0.2, 0.25) is 0 Å². The van der Waals surface area contributed by atoms with Crippen LogP contribution in [0.3, 0.4) is 0 Å². The van der Waals surface area contributed by atoms with Gasteiger partial charge in [0, 0.05) is 0 Å². The van der Waals surface area contributed by atoms with E-state index in [1.165, 1.54) is 25.3 Å². The van der Waals surface area contributed by atoms with E-state index in [4.69, 9.17) is 14.6 Å². The van der Waals surface area contributed by atoms with Crippen LogP contribution in [0.25, 0.3) is 0 Å². The van der Waals surface area contributed by atoms with E-state index in [0.29, 0.717) is 5.75 Å². The van der Waals surface area contributed by atoms with Crippen molar-refractivity contribution in [1.29, 1.82) is 0 Å². The van der Waals surface area contributed by atoms with Crippen LogP contribution < -0.4 is 9.46 Å². The van der Waals surface area contributed by atoms with Gasteiger partial charge in [-0.25, -0.2) is 13.2 Å². The second-order valence-corrected chi connectivity index (χ2v) is 6.40. The van der Waals surface area contributed by atoms with Gasteiger partial charge in [0.2, 0.25) is 10.0 Å². The van der Waals surface area contributed by atoms with Crippen LogP contribution in [0.4, 0.5) is 5.69 Å². The summed E-state index contributed by atoms with van der Waals surface area (Å²) in [6, 6.07) is 4.09. The van der Waals surface area contributed by atoms with Gasteiger partial charge in [0.1, 0.15) is 5.75 Å². The van der Waals surface area contributed by atoms with Gasteiger partial charge in [0.05, 0.1) is 36.8 Å². The Bertz CT molecular complexity index is 597. The first kappa shape index (κ1) is 17.3. The highest BCUT2D eigenvalue weighted by Gasteiger charge is 2.17. The molecule has 8 heteroatoms.